The second-order valence-corrected chi connectivity index (χ2v) is 7.93. The minimum atomic E-state index is -0.564. The van der Waals surface area contributed by atoms with Crippen molar-refractivity contribution < 1.29 is 14.3 Å². The predicted octanol–water partition coefficient (Wildman–Crippen LogP) is 3.59. The van der Waals surface area contributed by atoms with Gasteiger partial charge in [-0.15, -0.1) is 0 Å². The van der Waals surface area contributed by atoms with Crippen LogP contribution in [0, 0.1) is 34.9 Å². The van der Waals surface area contributed by atoms with Crippen LogP contribution in [0.1, 0.15) is 48.3 Å². The fourth-order valence-electron chi connectivity index (χ4n) is 4.58. The number of hydrogen-bond donors (Lipinski definition) is 1. The molecule has 1 saturated heterocycles. The highest BCUT2D eigenvalue weighted by Gasteiger charge is 2.52. The Balaban J connectivity index is 1.52. The van der Waals surface area contributed by atoms with E-state index in [0.717, 1.165) is 36.8 Å². The molecule has 2 aromatic carbocycles. The summed E-state index contributed by atoms with van der Waals surface area (Å²) in [6.07, 6.45) is 3.82. The molecule has 1 aliphatic carbocycles. The maximum absolute atomic E-state index is 13.7. The molecule has 0 spiro atoms. The molecule has 0 bridgehead atoms. The third kappa shape index (κ3) is 3.70. The Labute approximate surface area is 175 Å². The van der Waals surface area contributed by atoms with Crippen LogP contribution in [-0.2, 0) is 4.79 Å². The fourth-order valence-corrected chi connectivity index (χ4v) is 4.58. The zero-order valence-corrected chi connectivity index (χ0v) is 16.6. The molecule has 5 heteroatoms. The number of carbonyl (C=O) groups excluding carboxylic acids is 1. The van der Waals surface area contributed by atoms with Gasteiger partial charge in [0.15, 0.2) is 0 Å². The first-order valence-electron chi connectivity index (χ1n) is 10.3. The number of likely N-dealkylation sites (tertiary alicyclic amines) is 1. The Hall–Kier alpha value is -3.15. The number of aliphatic hydroxyl groups excluding tert-OH is 1. The number of aliphatic hydroxyl groups is 1. The Morgan fingerprint density at radius 1 is 1.10 bits per heavy atom. The molecule has 2 aliphatic rings. The van der Waals surface area contributed by atoms with Crippen molar-refractivity contribution in [3.63, 3.8) is 0 Å². The average molecular weight is 402 g/mol. The van der Waals surface area contributed by atoms with E-state index < -0.39 is 6.04 Å². The lowest BCUT2D eigenvalue weighted by molar-refractivity contribution is -0.151. The molecule has 1 amide bonds. The zero-order valence-electron chi connectivity index (χ0n) is 16.6. The standard InChI is InChI=1S/C25H23FN2O2/c26-21-8-4-3-5-18(21)12-9-17-10-13-19(14-11-17)24-22(15-27)28(23(24)16-29)25(30)20-6-1-2-7-20/h3-5,8,10-11,13-14,20,22-24,29H,1-2,6-7,16H2/t22-,23-,24+/m0/s1. The van der Waals surface area contributed by atoms with E-state index >= 15 is 0 Å². The molecule has 0 aromatic heterocycles. The summed E-state index contributed by atoms with van der Waals surface area (Å²) in [6, 6.07) is 15.1. The first-order valence-corrected chi connectivity index (χ1v) is 10.3. The van der Waals surface area contributed by atoms with Crippen molar-refractivity contribution in [3.05, 3.63) is 71.0 Å². The van der Waals surface area contributed by atoms with Crippen LogP contribution in [0.25, 0.3) is 0 Å². The van der Waals surface area contributed by atoms with E-state index in [4.69, 9.17) is 0 Å². The van der Waals surface area contributed by atoms with Crippen molar-refractivity contribution in [1.82, 2.24) is 4.90 Å². The summed E-state index contributed by atoms with van der Waals surface area (Å²) in [7, 11) is 0. The Bertz CT molecular complexity index is 1030. The van der Waals surface area contributed by atoms with Crippen molar-refractivity contribution in [3.8, 4) is 17.9 Å². The number of carbonyl (C=O) groups is 1. The maximum atomic E-state index is 13.7. The Kier molecular flexibility index (Phi) is 5.84. The Morgan fingerprint density at radius 3 is 2.43 bits per heavy atom. The van der Waals surface area contributed by atoms with Crippen LogP contribution in [-0.4, -0.2) is 34.6 Å². The molecule has 2 fully saturated rings. The van der Waals surface area contributed by atoms with E-state index in [1.165, 1.54) is 6.07 Å². The number of hydrogen-bond acceptors (Lipinski definition) is 3. The normalized spacial score (nSPS) is 23.2. The van der Waals surface area contributed by atoms with Crippen LogP contribution in [0.5, 0.6) is 0 Å². The summed E-state index contributed by atoms with van der Waals surface area (Å²) < 4.78 is 13.7. The third-order valence-electron chi connectivity index (χ3n) is 6.20. The fraction of sp³-hybridized carbons (Fsp3) is 0.360. The first kappa shape index (κ1) is 20.1. The average Bonchev–Trinajstić information content (AvgIpc) is 3.29. The van der Waals surface area contributed by atoms with Crippen LogP contribution < -0.4 is 0 Å². The van der Waals surface area contributed by atoms with Gasteiger partial charge in [0, 0.05) is 17.4 Å². The second-order valence-electron chi connectivity index (χ2n) is 7.93. The van der Waals surface area contributed by atoms with Gasteiger partial charge in [-0.2, -0.15) is 5.26 Å². The summed E-state index contributed by atoms with van der Waals surface area (Å²) >= 11 is 0. The van der Waals surface area contributed by atoms with Gasteiger partial charge < -0.3 is 10.0 Å². The molecular formula is C25H23FN2O2. The summed E-state index contributed by atoms with van der Waals surface area (Å²) in [5.74, 6) is 5.18. The van der Waals surface area contributed by atoms with Crippen LogP contribution in [0.3, 0.4) is 0 Å². The highest BCUT2D eigenvalue weighted by atomic mass is 19.1. The van der Waals surface area contributed by atoms with E-state index in [1.807, 2.05) is 24.3 Å². The molecule has 2 aromatic rings. The molecule has 1 heterocycles. The molecule has 3 atom stereocenters. The van der Waals surface area contributed by atoms with Gasteiger partial charge in [0.25, 0.3) is 0 Å². The third-order valence-corrected chi connectivity index (χ3v) is 6.20. The van der Waals surface area contributed by atoms with Crippen molar-refractivity contribution in [2.75, 3.05) is 6.61 Å². The topological polar surface area (TPSA) is 64.3 Å². The zero-order chi connectivity index (χ0) is 21.1. The molecule has 4 rings (SSSR count). The molecular weight excluding hydrogens is 379 g/mol. The van der Waals surface area contributed by atoms with E-state index in [2.05, 4.69) is 17.9 Å². The monoisotopic (exact) mass is 402 g/mol. The summed E-state index contributed by atoms with van der Waals surface area (Å²) in [6.45, 7) is -0.170. The van der Waals surface area contributed by atoms with Gasteiger partial charge in [0.2, 0.25) is 5.91 Å². The van der Waals surface area contributed by atoms with Crippen LogP contribution in [0.15, 0.2) is 48.5 Å². The predicted molar refractivity (Wildman–Crippen MR) is 111 cm³/mol. The van der Waals surface area contributed by atoms with Gasteiger partial charge in [-0.05, 0) is 42.7 Å². The number of benzene rings is 2. The highest BCUT2D eigenvalue weighted by Crippen LogP contribution is 2.42. The van der Waals surface area contributed by atoms with Gasteiger partial charge >= 0.3 is 0 Å². The smallest absolute Gasteiger partial charge is 0.227 e. The van der Waals surface area contributed by atoms with Gasteiger partial charge in [0.05, 0.1) is 24.3 Å². The number of nitriles is 1. The molecule has 30 heavy (non-hydrogen) atoms. The summed E-state index contributed by atoms with van der Waals surface area (Å²) in [5.41, 5.74) is 1.97. The van der Waals surface area contributed by atoms with Crippen LogP contribution >= 0.6 is 0 Å². The van der Waals surface area contributed by atoms with Crippen LogP contribution in [0.2, 0.25) is 0 Å². The molecule has 1 saturated carbocycles. The van der Waals surface area contributed by atoms with Gasteiger partial charge in [-0.25, -0.2) is 4.39 Å². The van der Waals surface area contributed by atoms with Gasteiger partial charge in [0.1, 0.15) is 11.9 Å². The largest absolute Gasteiger partial charge is 0.394 e. The molecule has 152 valence electrons. The van der Waals surface area contributed by atoms with Crippen molar-refractivity contribution in [1.29, 1.82) is 5.26 Å². The van der Waals surface area contributed by atoms with Crippen molar-refractivity contribution in [2.45, 2.75) is 43.7 Å². The lowest BCUT2D eigenvalue weighted by Crippen LogP contribution is -2.66. The summed E-state index contributed by atoms with van der Waals surface area (Å²) in [5, 5.41) is 19.6. The number of rotatable bonds is 3. The minimum Gasteiger partial charge on any atom is -0.394 e. The molecule has 1 aliphatic heterocycles. The first-order chi connectivity index (χ1) is 14.6. The summed E-state index contributed by atoms with van der Waals surface area (Å²) in [4.78, 5) is 14.4. The number of amides is 1. The highest BCUT2D eigenvalue weighted by molar-refractivity contribution is 5.82. The number of nitrogens with zero attached hydrogens (tertiary/aromatic N) is 2. The second kappa shape index (κ2) is 8.69. The molecule has 4 nitrogen and oxygen atoms in total. The van der Waals surface area contributed by atoms with E-state index in [9.17, 15) is 19.6 Å². The lowest BCUT2D eigenvalue weighted by atomic mass is 9.75. The quantitative estimate of drug-likeness (QED) is 0.798. The van der Waals surface area contributed by atoms with Gasteiger partial charge in [-0.1, -0.05) is 48.9 Å². The Morgan fingerprint density at radius 2 is 1.80 bits per heavy atom. The molecule has 0 radical (unpaired) electrons. The maximum Gasteiger partial charge on any atom is 0.227 e. The van der Waals surface area contributed by atoms with Gasteiger partial charge in [-0.3, -0.25) is 4.79 Å². The van der Waals surface area contributed by atoms with E-state index in [1.54, 1.807) is 23.1 Å². The number of halogens is 1. The lowest BCUT2D eigenvalue weighted by Gasteiger charge is -2.52. The van der Waals surface area contributed by atoms with E-state index in [-0.39, 0.29) is 36.2 Å². The van der Waals surface area contributed by atoms with Crippen LogP contribution in [0.4, 0.5) is 4.39 Å². The molecule has 0 unspecified atom stereocenters. The van der Waals surface area contributed by atoms with Crippen molar-refractivity contribution in [2.24, 2.45) is 5.92 Å². The van der Waals surface area contributed by atoms with Crippen molar-refractivity contribution >= 4 is 5.91 Å². The SMILES string of the molecule is N#C[C@H]1[C@@H](c2ccc(C#Cc3ccccc3F)cc2)[C@H](CO)N1C(=O)C1CCCC1. The molecule has 1 N–H and O–H groups in total. The minimum absolute atomic E-state index is 0.00160. The van der Waals surface area contributed by atoms with E-state index in [0.29, 0.717) is 5.56 Å².